The highest BCUT2D eigenvalue weighted by molar-refractivity contribution is 6.32. The number of benzene rings is 2. The van der Waals surface area contributed by atoms with Crippen molar-refractivity contribution in [1.82, 2.24) is 4.98 Å². The molecule has 186 valence electrons. The summed E-state index contributed by atoms with van der Waals surface area (Å²) in [5.74, 6) is 0.281. The van der Waals surface area contributed by atoms with Crippen LogP contribution in [-0.2, 0) is 13.0 Å². The highest BCUT2D eigenvalue weighted by Crippen LogP contribution is 2.36. The van der Waals surface area contributed by atoms with E-state index in [4.69, 9.17) is 25.5 Å². The van der Waals surface area contributed by atoms with Crippen LogP contribution in [0, 0.1) is 6.92 Å². The number of aromatic nitrogens is 1. The number of nitrogens with zero attached hydrogens (tertiary/aromatic N) is 2. The molecular weight excluding hydrogens is 482 g/mol. The van der Waals surface area contributed by atoms with E-state index in [0.717, 1.165) is 6.42 Å². The number of nitrogens with one attached hydrogen (secondary N) is 1. The predicted octanol–water partition coefficient (Wildman–Crippen LogP) is 5.35. The van der Waals surface area contributed by atoms with Crippen molar-refractivity contribution in [3.8, 4) is 11.5 Å². The summed E-state index contributed by atoms with van der Waals surface area (Å²) in [6.07, 6.45) is 2.46. The van der Waals surface area contributed by atoms with Gasteiger partial charge in [0.05, 0.1) is 42.9 Å². The summed E-state index contributed by atoms with van der Waals surface area (Å²) >= 11 is 6.28. The summed E-state index contributed by atoms with van der Waals surface area (Å²) in [5, 5.41) is 13.5. The first-order valence-corrected chi connectivity index (χ1v) is 11.7. The standard InChI is InChI=1S/C27H26ClN3O5/c1-5-16-6-8-18(9-7-16)30-27-20(10-19-17(14-32)13-29-15(2)25(19)36-27)26(33)31-22-11-21(28)23(34-3)12-24(22)35-4/h6-13,32H,5,14H2,1-4H3,(H,31,33). The summed E-state index contributed by atoms with van der Waals surface area (Å²) in [7, 11) is 2.97. The van der Waals surface area contributed by atoms with Crippen molar-refractivity contribution in [1.29, 1.82) is 0 Å². The fourth-order valence-corrected chi connectivity index (χ4v) is 3.97. The molecule has 0 atom stereocenters. The number of rotatable bonds is 7. The van der Waals surface area contributed by atoms with Gasteiger partial charge in [-0.25, -0.2) is 4.99 Å². The lowest BCUT2D eigenvalue weighted by atomic mass is 10.1. The van der Waals surface area contributed by atoms with Crippen LogP contribution in [0.25, 0.3) is 11.0 Å². The fourth-order valence-electron chi connectivity index (χ4n) is 3.73. The van der Waals surface area contributed by atoms with Crippen molar-refractivity contribution < 1.29 is 23.8 Å². The monoisotopic (exact) mass is 507 g/mol. The van der Waals surface area contributed by atoms with Gasteiger partial charge in [-0.15, -0.1) is 0 Å². The largest absolute Gasteiger partial charge is 0.495 e. The molecule has 0 aliphatic carbocycles. The lowest BCUT2D eigenvalue weighted by molar-refractivity contribution is 0.102. The van der Waals surface area contributed by atoms with Crippen LogP contribution in [0.3, 0.4) is 0 Å². The highest BCUT2D eigenvalue weighted by atomic mass is 35.5. The number of hydrogen-bond acceptors (Lipinski definition) is 7. The third-order valence-corrected chi connectivity index (χ3v) is 6.06. The first kappa shape index (κ1) is 25.2. The van der Waals surface area contributed by atoms with Crippen LogP contribution in [0.2, 0.25) is 5.02 Å². The Morgan fingerprint density at radius 3 is 2.50 bits per heavy atom. The van der Waals surface area contributed by atoms with Crippen LogP contribution in [0.5, 0.6) is 11.5 Å². The molecule has 0 saturated heterocycles. The molecule has 2 heterocycles. The third-order valence-electron chi connectivity index (χ3n) is 5.76. The molecule has 0 radical (unpaired) electrons. The average Bonchev–Trinajstić information content (AvgIpc) is 2.89. The molecule has 9 heteroatoms. The lowest BCUT2D eigenvalue weighted by Crippen LogP contribution is -2.22. The van der Waals surface area contributed by atoms with Crippen molar-refractivity contribution >= 4 is 39.9 Å². The molecule has 0 saturated carbocycles. The Balaban J connectivity index is 1.89. The molecule has 4 aromatic rings. The normalized spacial score (nSPS) is 11.6. The smallest absolute Gasteiger partial charge is 0.261 e. The van der Waals surface area contributed by atoms with Gasteiger partial charge in [0.15, 0.2) is 5.58 Å². The Morgan fingerprint density at radius 2 is 1.86 bits per heavy atom. The topological polar surface area (TPSA) is 106 Å². The predicted molar refractivity (Wildman–Crippen MR) is 138 cm³/mol. The second-order valence-corrected chi connectivity index (χ2v) is 8.42. The Morgan fingerprint density at radius 1 is 1.14 bits per heavy atom. The number of aliphatic hydroxyl groups excluding tert-OH is 1. The van der Waals surface area contributed by atoms with Crippen LogP contribution >= 0.6 is 11.6 Å². The Labute approximate surface area is 213 Å². The first-order valence-electron chi connectivity index (χ1n) is 11.3. The number of methoxy groups -OCH3 is 2. The first-order chi connectivity index (χ1) is 17.4. The van der Waals surface area contributed by atoms with Gasteiger partial charge in [-0.2, -0.15) is 0 Å². The molecule has 2 N–H and O–H groups in total. The molecule has 0 spiro atoms. The van der Waals surface area contributed by atoms with E-state index in [1.165, 1.54) is 19.8 Å². The van der Waals surface area contributed by atoms with E-state index in [1.807, 2.05) is 24.3 Å². The molecule has 0 unspecified atom stereocenters. The Kier molecular flexibility index (Phi) is 7.57. The van der Waals surface area contributed by atoms with Gasteiger partial charge in [0, 0.05) is 23.2 Å². The molecule has 8 nitrogen and oxygen atoms in total. The number of fused-ring (bicyclic) bond motifs is 1. The zero-order valence-corrected chi connectivity index (χ0v) is 21.1. The quantitative estimate of drug-likeness (QED) is 0.349. The zero-order valence-electron chi connectivity index (χ0n) is 20.4. The summed E-state index contributed by atoms with van der Waals surface area (Å²) in [6.45, 7) is 3.59. The fraction of sp³-hybridized carbons (Fsp3) is 0.222. The molecule has 1 amide bonds. The maximum absolute atomic E-state index is 13.5. The second-order valence-electron chi connectivity index (χ2n) is 8.01. The summed E-state index contributed by atoms with van der Waals surface area (Å²) < 4.78 is 16.8. The van der Waals surface area contributed by atoms with Gasteiger partial charge in [0.1, 0.15) is 17.1 Å². The van der Waals surface area contributed by atoms with Gasteiger partial charge in [0.25, 0.3) is 5.91 Å². The molecular formula is C27H26ClN3O5. The third kappa shape index (κ3) is 5.05. The molecule has 2 aromatic heterocycles. The minimum absolute atomic E-state index is 0.0998. The van der Waals surface area contributed by atoms with Gasteiger partial charge >= 0.3 is 0 Å². The summed E-state index contributed by atoms with van der Waals surface area (Å²) in [5.41, 5.74) is 3.97. The van der Waals surface area contributed by atoms with Crippen molar-refractivity contribution in [2.75, 3.05) is 19.5 Å². The second kappa shape index (κ2) is 10.8. The highest BCUT2D eigenvalue weighted by Gasteiger charge is 2.19. The zero-order chi connectivity index (χ0) is 25.8. The molecule has 2 aromatic carbocycles. The number of hydrogen-bond donors (Lipinski definition) is 2. The molecule has 0 bridgehead atoms. The van der Waals surface area contributed by atoms with E-state index < -0.39 is 5.91 Å². The van der Waals surface area contributed by atoms with Gasteiger partial charge in [-0.1, -0.05) is 30.7 Å². The van der Waals surface area contributed by atoms with Crippen molar-refractivity contribution in [2.45, 2.75) is 26.9 Å². The number of aryl methyl sites for hydroxylation is 2. The van der Waals surface area contributed by atoms with Gasteiger partial charge in [-0.05, 0) is 43.2 Å². The number of pyridine rings is 1. The molecule has 0 aliphatic heterocycles. The van der Waals surface area contributed by atoms with E-state index >= 15 is 0 Å². The van der Waals surface area contributed by atoms with E-state index in [1.54, 1.807) is 31.3 Å². The van der Waals surface area contributed by atoms with E-state index in [9.17, 15) is 9.90 Å². The van der Waals surface area contributed by atoms with E-state index in [0.29, 0.717) is 50.1 Å². The van der Waals surface area contributed by atoms with E-state index in [2.05, 4.69) is 22.2 Å². The number of anilines is 1. The van der Waals surface area contributed by atoms with Crippen LogP contribution in [-0.4, -0.2) is 30.2 Å². The van der Waals surface area contributed by atoms with Crippen molar-refractivity contribution in [3.05, 3.63) is 81.6 Å². The Bertz CT molecular complexity index is 1500. The van der Waals surface area contributed by atoms with Crippen LogP contribution in [0.1, 0.15) is 34.1 Å². The molecule has 0 aliphatic rings. The maximum Gasteiger partial charge on any atom is 0.261 e. The SMILES string of the molecule is CCc1ccc(N=c2oc3c(C)ncc(CO)c3cc2C(=O)Nc2cc(Cl)c(OC)cc2OC)cc1. The molecule has 0 fully saturated rings. The van der Waals surface area contributed by atoms with Gasteiger partial charge < -0.3 is 24.3 Å². The van der Waals surface area contributed by atoms with Crippen LogP contribution in [0.4, 0.5) is 11.4 Å². The number of carbonyl (C=O) groups is 1. The summed E-state index contributed by atoms with van der Waals surface area (Å²) in [4.78, 5) is 22.5. The minimum Gasteiger partial charge on any atom is -0.495 e. The van der Waals surface area contributed by atoms with Gasteiger partial charge in [-0.3, -0.25) is 9.78 Å². The minimum atomic E-state index is -0.498. The van der Waals surface area contributed by atoms with Crippen molar-refractivity contribution in [3.63, 3.8) is 0 Å². The van der Waals surface area contributed by atoms with Crippen LogP contribution < -0.4 is 20.3 Å². The number of amides is 1. The summed E-state index contributed by atoms with van der Waals surface area (Å²) in [6, 6.07) is 12.4. The number of ether oxygens (including phenoxy) is 2. The number of aliphatic hydroxyl groups is 1. The number of carbonyl (C=O) groups excluding carboxylic acids is 1. The number of halogens is 1. The molecule has 36 heavy (non-hydrogen) atoms. The maximum atomic E-state index is 13.5. The van der Waals surface area contributed by atoms with E-state index in [-0.39, 0.29) is 17.7 Å². The van der Waals surface area contributed by atoms with Crippen molar-refractivity contribution in [2.24, 2.45) is 4.99 Å². The Hall–Kier alpha value is -3.88. The lowest BCUT2D eigenvalue weighted by Gasteiger charge is -2.14. The van der Waals surface area contributed by atoms with Crippen LogP contribution in [0.15, 0.2) is 58.1 Å². The average molecular weight is 508 g/mol. The van der Waals surface area contributed by atoms with Gasteiger partial charge in [0.2, 0.25) is 5.55 Å². The molecule has 4 rings (SSSR count).